The van der Waals surface area contributed by atoms with Gasteiger partial charge in [-0.05, 0) is 12.1 Å². The molecule has 0 saturated carbocycles. The number of hydrogen-bond acceptors (Lipinski definition) is 1. The molecule has 5 nitrogen and oxygen atoms in total. The summed E-state index contributed by atoms with van der Waals surface area (Å²) in [6.45, 7) is 1.54. The van der Waals surface area contributed by atoms with Crippen molar-refractivity contribution in [1.82, 2.24) is 4.90 Å². The molecule has 88 valence electrons. The van der Waals surface area contributed by atoms with E-state index in [4.69, 9.17) is 11.5 Å². The van der Waals surface area contributed by atoms with Crippen molar-refractivity contribution in [3.63, 3.8) is 0 Å². The number of nitrogens with zero attached hydrogens (tertiary/aromatic N) is 3. The molecule has 0 atom stereocenters. The third kappa shape index (κ3) is 3.07. The lowest BCUT2D eigenvalue weighted by Crippen LogP contribution is -2.36. The molecule has 1 aromatic rings. The summed E-state index contributed by atoms with van der Waals surface area (Å²) >= 11 is 0. The van der Waals surface area contributed by atoms with Gasteiger partial charge in [0, 0.05) is 13.1 Å². The van der Waals surface area contributed by atoms with Crippen molar-refractivity contribution in [3.05, 3.63) is 42.5 Å². The first-order chi connectivity index (χ1) is 8.25. The van der Waals surface area contributed by atoms with Gasteiger partial charge in [0.15, 0.2) is 5.96 Å². The molecule has 0 radical (unpaired) electrons. The quantitative estimate of drug-likeness (QED) is 0.425. The van der Waals surface area contributed by atoms with Gasteiger partial charge in [0.1, 0.15) is 0 Å². The molecule has 2 rings (SSSR count). The molecule has 1 aliphatic heterocycles. The van der Waals surface area contributed by atoms with Crippen LogP contribution in [0.25, 0.3) is 0 Å². The lowest BCUT2D eigenvalue weighted by Gasteiger charge is -2.15. The fraction of sp³-hybridized carbons (Fsp3) is 0.167. The number of aliphatic imine (C=N–C) groups is 2. The minimum absolute atomic E-state index is 0.167. The second-order valence-corrected chi connectivity index (χ2v) is 3.65. The van der Waals surface area contributed by atoms with Crippen molar-refractivity contribution in [3.8, 4) is 0 Å². The average molecular weight is 229 g/mol. The number of benzene rings is 1. The Bertz CT molecular complexity index is 453. The van der Waals surface area contributed by atoms with Crippen molar-refractivity contribution in [1.29, 1.82) is 0 Å². The van der Waals surface area contributed by atoms with Gasteiger partial charge in [-0.1, -0.05) is 30.4 Å². The van der Waals surface area contributed by atoms with Gasteiger partial charge in [-0.2, -0.15) is 4.99 Å². The van der Waals surface area contributed by atoms with E-state index in [-0.39, 0.29) is 5.96 Å². The summed E-state index contributed by atoms with van der Waals surface area (Å²) < 4.78 is 0. The fourth-order valence-electron chi connectivity index (χ4n) is 1.51. The largest absolute Gasteiger partial charge is 0.369 e. The first-order valence-electron chi connectivity index (χ1n) is 5.39. The van der Waals surface area contributed by atoms with Crippen LogP contribution < -0.4 is 11.5 Å². The van der Waals surface area contributed by atoms with Gasteiger partial charge in [-0.15, -0.1) is 0 Å². The zero-order valence-electron chi connectivity index (χ0n) is 9.45. The molecule has 1 aliphatic rings. The van der Waals surface area contributed by atoms with Gasteiger partial charge in [0.2, 0.25) is 5.96 Å². The Morgan fingerprint density at radius 1 is 1.06 bits per heavy atom. The summed E-state index contributed by atoms with van der Waals surface area (Å²) in [5.41, 5.74) is 12.3. The van der Waals surface area contributed by atoms with E-state index in [9.17, 15) is 0 Å². The van der Waals surface area contributed by atoms with Crippen LogP contribution in [0.3, 0.4) is 0 Å². The molecule has 0 unspecified atom stereocenters. The molecular formula is C12H15N5. The maximum atomic E-state index is 5.81. The predicted molar refractivity (Wildman–Crippen MR) is 70.1 cm³/mol. The molecule has 1 heterocycles. The molecule has 0 bridgehead atoms. The number of para-hydroxylation sites is 1. The first-order valence-corrected chi connectivity index (χ1v) is 5.39. The molecular weight excluding hydrogens is 214 g/mol. The van der Waals surface area contributed by atoms with Crippen LogP contribution >= 0.6 is 0 Å². The Labute approximate surface area is 100 Å². The van der Waals surface area contributed by atoms with E-state index < -0.39 is 0 Å². The minimum atomic E-state index is 0.167. The van der Waals surface area contributed by atoms with Crippen LogP contribution in [0, 0.1) is 0 Å². The normalized spacial score (nSPS) is 16.6. The smallest absolute Gasteiger partial charge is 0.223 e. The second kappa shape index (κ2) is 5.16. The number of nitrogens with two attached hydrogens (primary N) is 2. The second-order valence-electron chi connectivity index (χ2n) is 3.65. The predicted octanol–water partition coefficient (Wildman–Crippen LogP) is 0.819. The monoisotopic (exact) mass is 229 g/mol. The topological polar surface area (TPSA) is 80.0 Å². The van der Waals surface area contributed by atoms with E-state index in [1.807, 2.05) is 47.4 Å². The summed E-state index contributed by atoms with van der Waals surface area (Å²) in [6.07, 6.45) is 4.07. The Balaban J connectivity index is 2.07. The van der Waals surface area contributed by atoms with Gasteiger partial charge < -0.3 is 16.4 Å². The molecule has 0 fully saturated rings. The fourth-order valence-corrected chi connectivity index (χ4v) is 1.51. The SMILES string of the molecule is NC(=Nc1ccccc1)/N=C(/N)N1CC=CC1. The highest BCUT2D eigenvalue weighted by Gasteiger charge is 2.08. The summed E-state index contributed by atoms with van der Waals surface area (Å²) in [6, 6.07) is 9.42. The lowest BCUT2D eigenvalue weighted by atomic mass is 10.3. The Morgan fingerprint density at radius 3 is 2.35 bits per heavy atom. The highest BCUT2D eigenvalue weighted by molar-refractivity contribution is 5.94. The van der Waals surface area contributed by atoms with E-state index >= 15 is 0 Å². The van der Waals surface area contributed by atoms with Crippen LogP contribution in [0.2, 0.25) is 0 Å². The van der Waals surface area contributed by atoms with Crippen molar-refractivity contribution in [2.45, 2.75) is 0 Å². The number of rotatable bonds is 1. The summed E-state index contributed by atoms with van der Waals surface area (Å²) in [5.74, 6) is 0.563. The Hall–Kier alpha value is -2.30. The molecule has 17 heavy (non-hydrogen) atoms. The molecule has 5 heteroatoms. The van der Waals surface area contributed by atoms with Crippen LogP contribution in [0.1, 0.15) is 0 Å². The molecule has 0 amide bonds. The van der Waals surface area contributed by atoms with Gasteiger partial charge >= 0.3 is 0 Å². The Kier molecular flexibility index (Phi) is 3.40. The maximum absolute atomic E-state index is 5.81. The van der Waals surface area contributed by atoms with Crippen LogP contribution in [-0.4, -0.2) is 29.9 Å². The van der Waals surface area contributed by atoms with Crippen molar-refractivity contribution >= 4 is 17.6 Å². The summed E-state index contributed by atoms with van der Waals surface area (Å²) in [4.78, 5) is 10.1. The molecule has 0 saturated heterocycles. The maximum Gasteiger partial charge on any atom is 0.223 e. The van der Waals surface area contributed by atoms with Gasteiger partial charge in [0.05, 0.1) is 5.69 Å². The molecule has 0 aromatic heterocycles. The van der Waals surface area contributed by atoms with Gasteiger partial charge in [0.25, 0.3) is 0 Å². The van der Waals surface area contributed by atoms with Crippen LogP contribution in [0.5, 0.6) is 0 Å². The van der Waals surface area contributed by atoms with E-state index in [2.05, 4.69) is 9.98 Å². The summed E-state index contributed by atoms with van der Waals surface area (Å²) in [7, 11) is 0. The average Bonchev–Trinajstić information content (AvgIpc) is 2.83. The zero-order valence-corrected chi connectivity index (χ0v) is 9.45. The summed E-state index contributed by atoms with van der Waals surface area (Å²) in [5, 5.41) is 0. The van der Waals surface area contributed by atoms with Crippen molar-refractivity contribution < 1.29 is 0 Å². The number of hydrogen-bond donors (Lipinski definition) is 2. The molecule has 0 spiro atoms. The molecule has 1 aromatic carbocycles. The van der Waals surface area contributed by atoms with E-state index in [0.29, 0.717) is 5.96 Å². The van der Waals surface area contributed by atoms with Crippen LogP contribution in [0.4, 0.5) is 5.69 Å². The third-order valence-corrected chi connectivity index (χ3v) is 2.37. The zero-order chi connectivity index (χ0) is 12.1. The van der Waals surface area contributed by atoms with Crippen LogP contribution in [0.15, 0.2) is 52.5 Å². The Morgan fingerprint density at radius 2 is 1.71 bits per heavy atom. The van der Waals surface area contributed by atoms with Crippen molar-refractivity contribution in [2.75, 3.05) is 13.1 Å². The third-order valence-electron chi connectivity index (χ3n) is 2.37. The highest BCUT2D eigenvalue weighted by atomic mass is 15.3. The van der Waals surface area contributed by atoms with Crippen molar-refractivity contribution in [2.24, 2.45) is 21.5 Å². The molecule has 4 N–H and O–H groups in total. The minimum Gasteiger partial charge on any atom is -0.369 e. The standard InChI is InChI=1S/C12H15N5/c13-11(15-10-6-2-1-3-7-10)16-12(14)17-8-4-5-9-17/h1-7H,8-9H2,(H4,13,14,15,16). The lowest BCUT2D eigenvalue weighted by molar-refractivity contribution is 0.534. The first kappa shape index (κ1) is 11.2. The van der Waals surface area contributed by atoms with Crippen LogP contribution in [-0.2, 0) is 0 Å². The highest BCUT2D eigenvalue weighted by Crippen LogP contribution is 2.09. The van der Waals surface area contributed by atoms with Gasteiger partial charge in [-0.25, -0.2) is 4.99 Å². The van der Waals surface area contributed by atoms with E-state index in [0.717, 1.165) is 18.8 Å². The van der Waals surface area contributed by atoms with Gasteiger partial charge in [-0.3, -0.25) is 0 Å². The number of guanidine groups is 2. The molecule has 0 aliphatic carbocycles. The van der Waals surface area contributed by atoms with E-state index in [1.54, 1.807) is 0 Å². The van der Waals surface area contributed by atoms with E-state index in [1.165, 1.54) is 0 Å².